The molecule has 0 saturated carbocycles. The molecular weight excluding hydrogens is 343 g/mol. The monoisotopic (exact) mass is 350 g/mol. The largest absolute Gasteiger partial charge is 0.278 e. The average Bonchev–Trinajstić information content (AvgIpc) is 2.36. The number of rotatable bonds is 3. The van der Waals surface area contributed by atoms with Gasteiger partial charge in [0, 0.05) is 11.2 Å². The molecule has 0 atom stereocenters. The van der Waals surface area contributed by atoms with E-state index < -0.39 is 10.0 Å². The van der Waals surface area contributed by atoms with E-state index in [-0.39, 0.29) is 20.8 Å². The van der Waals surface area contributed by atoms with Crippen LogP contribution in [-0.4, -0.2) is 13.4 Å². The van der Waals surface area contributed by atoms with Crippen molar-refractivity contribution in [3.05, 3.63) is 51.2 Å². The predicted molar refractivity (Wildman–Crippen MR) is 81.3 cm³/mol. The van der Waals surface area contributed by atoms with Gasteiger partial charge < -0.3 is 0 Å². The van der Waals surface area contributed by atoms with Gasteiger partial charge in [0.2, 0.25) is 0 Å². The van der Waals surface area contributed by atoms with Crippen LogP contribution in [0.5, 0.6) is 0 Å². The fraction of sp³-hybridized carbons (Fsp3) is 0.0833. The Morgan fingerprint density at radius 2 is 1.80 bits per heavy atom. The Bertz CT molecular complexity index is 763. The van der Waals surface area contributed by atoms with Crippen molar-refractivity contribution < 1.29 is 8.42 Å². The highest BCUT2D eigenvalue weighted by Crippen LogP contribution is 2.30. The van der Waals surface area contributed by atoms with Crippen molar-refractivity contribution >= 4 is 50.5 Å². The molecule has 0 unspecified atom stereocenters. The van der Waals surface area contributed by atoms with E-state index in [0.717, 1.165) is 5.56 Å². The zero-order chi connectivity index (χ0) is 14.9. The molecule has 0 aliphatic rings. The number of hydrogen-bond donors (Lipinski definition) is 1. The molecule has 2 rings (SSSR count). The summed E-state index contributed by atoms with van der Waals surface area (Å²) in [5.41, 5.74) is 0.960. The van der Waals surface area contributed by atoms with Crippen molar-refractivity contribution in [3.8, 4) is 0 Å². The van der Waals surface area contributed by atoms with Gasteiger partial charge in [0.05, 0.1) is 15.6 Å². The van der Waals surface area contributed by atoms with Gasteiger partial charge in [-0.3, -0.25) is 4.72 Å². The molecule has 0 fully saturated rings. The third-order valence-corrected chi connectivity index (χ3v) is 4.79. The SMILES string of the molecule is Cc1cc(Cl)c(NS(=O)(=O)c2ccnc(Cl)c2)cc1Cl. The minimum atomic E-state index is -3.81. The van der Waals surface area contributed by atoms with Crippen molar-refractivity contribution in [1.29, 1.82) is 0 Å². The fourth-order valence-corrected chi connectivity index (χ4v) is 3.29. The first kappa shape index (κ1) is 15.4. The zero-order valence-electron chi connectivity index (χ0n) is 10.2. The van der Waals surface area contributed by atoms with Crippen LogP contribution in [0.1, 0.15) is 5.56 Å². The maximum absolute atomic E-state index is 12.2. The molecule has 8 heteroatoms. The van der Waals surface area contributed by atoms with Gasteiger partial charge in [-0.2, -0.15) is 0 Å². The number of hydrogen-bond acceptors (Lipinski definition) is 3. The van der Waals surface area contributed by atoms with Crippen molar-refractivity contribution in [3.63, 3.8) is 0 Å². The van der Waals surface area contributed by atoms with Crippen LogP contribution >= 0.6 is 34.8 Å². The molecule has 0 bridgehead atoms. The molecule has 0 saturated heterocycles. The number of halogens is 3. The number of anilines is 1. The Hall–Kier alpha value is -1.01. The first-order chi connectivity index (χ1) is 9.29. The summed E-state index contributed by atoms with van der Waals surface area (Å²) in [4.78, 5) is 3.72. The first-order valence-electron chi connectivity index (χ1n) is 5.39. The summed E-state index contributed by atoms with van der Waals surface area (Å²) in [5, 5.41) is 0.761. The Morgan fingerprint density at radius 3 is 2.45 bits per heavy atom. The van der Waals surface area contributed by atoms with Crippen LogP contribution in [0, 0.1) is 6.92 Å². The van der Waals surface area contributed by atoms with Crippen LogP contribution in [0.2, 0.25) is 15.2 Å². The van der Waals surface area contributed by atoms with Gasteiger partial charge in [-0.05, 0) is 36.8 Å². The van der Waals surface area contributed by atoms with Gasteiger partial charge in [-0.25, -0.2) is 13.4 Å². The zero-order valence-corrected chi connectivity index (χ0v) is 13.3. The number of aryl methyl sites for hydroxylation is 1. The molecule has 1 aromatic heterocycles. The Balaban J connectivity index is 2.41. The van der Waals surface area contributed by atoms with Gasteiger partial charge in [0.15, 0.2) is 0 Å². The quantitative estimate of drug-likeness (QED) is 0.845. The number of aromatic nitrogens is 1. The molecule has 1 heterocycles. The molecule has 106 valence electrons. The standard InChI is InChI=1S/C12H9Cl3N2O2S/c1-7-4-10(14)11(6-9(7)13)17-20(18,19)8-2-3-16-12(15)5-8/h2-6,17H,1H3. The number of nitrogens with zero attached hydrogens (tertiary/aromatic N) is 1. The molecule has 0 amide bonds. The van der Waals surface area contributed by atoms with Crippen LogP contribution in [0.4, 0.5) is 5.69 Å². The lowest BCUT2D eigenvalue weighted by atomic mass is 10.2. The van der Waals surface area contributed by atoms with Crippen molar-refractivity contribution in [2.45, 2.75) is 11.8 Å². The summed E-state index contributed by atoms with van der Waals surface area (Å²) < 4.78 is 26.8. The minimum Gasteiger partial charge on any atom is -0.278 e. The van der Waals surface area contributed by atoms with Crippen molar-refractivity contribution in [2.75, 3.05) is 4.72 Å². The van der Waals surface area contributed by atoms with Crippen molar-refractivity contribution in [2.24, 2.45) is 0 Å². The summed E-state index contributed by atoms with van der Waals surface area (Å²) in [7, 11) is -3.81. The predicted octanol–water partition coefficient (Wildman–Crippen LogP) is 4.15. The Kier molecular flexibility index (Phi) is 4.44. The number of benzene rings is 1. The van der Waals surface area contributed by atoms with E-state index in [4.69, 9.17) is 34.8 Å². The summed E-state index contributed by atoms with van der Waals surface area (Å²) in [6, 6.07) is 5.62. The number of pyridine rings is 1. The van der Waals surface area contributed by atoms with E-state index >= 15 is 0 Å². The summed E-state index contributed by atoms with van der Waals surface area (Å²) in [6.45, 7) is 1.77. The molecule has 0 aliphatic heterocycles. The van der Waals surface area contributed by atoms with E-state index in [9.17, 15) is 8.42 Å². The minimum absolute atomic E-state index is 0.00901. The van der Waals surface area contributed by atoms with Crippen molar-refractivity contribution in [1.82, 2.24) is 4.98 Å². The second kappa shape index (κ2) is 5.77. The third kappa shape index (κ3) is 3.35. The lowest BCUT2D eigenvalue weighted by Gasteiger charge is -2.11. The van der Waals surface area contributed by atoms with E-state index in [1.807, 2.05) is 0 Å². The first-order valence-corrected chi connectivity index (χ1v) is 8.01. The Morgan fingerprint density at radius 1 is 1.10 bits per heavy atom. The second-order valence-corrected chi connectivity index (χ2v) is 6.89. The van der Waals surface area contributed by atoms with Crippen LogP contribution in [-0.2, 0) is 10.0 Å². The summed E-state index contributed by atoms with van der Waals surface area (Å²) >= 11 is 17.6. The maximum atomic E-state index is 12.2. The average molecular weight is 352 g/mol. The summed E-state index contributed by atoms with van der Waals surface area (Å²) in [5.74, 6) is 0. The molecular formula is C12H9Cl3N2O2S. The topological polar surface area (TPSA) is 59.1 Å². The number of sulfonamides is 1. The van der Waals surface area contributed by atoms with Gasteiger partial charge in [-0.1, -0.05) is 34.8 Å². The van der Waals surface area contributed by atoms with Gasteiger partial charge >= 0.3 is 0 Å². The second-order valence-electron chi connectivity index (χ2n) is 4.00. The molecule has 0 spiro atoms. The highest BCUT2D eigenvalue weighted by Gasteiger charge is 2.17. The van der Waals surface area contributed by atoms with Crippen LogP contribution in [0.25, 0.3) is 0 Å². The molecule has 0 aliphatic carbocycles. The van der Waals surface area contributed by atoms with E-state index in [2.05, 4.69) is 9.71 Å². The molecule has 0 radical (unpaired) electrons. The number of nitrogens with one attached hydrogen (secondary N) is 1. The summed E-state index contributed by atoms with van der Waals surface area (Å²) in [6.07, 6.45) is 1.31. The normalized spacial score (nSPS) is 11.4. The van der Waals surface area contributed by atoms with Gasteiger partial charge in [0.25, 0.3) is 10.0 Å². The van der Waals surface area contributed by atoms with Crippen LogP contribution in [0.15, 0.2) is 35.4 Å². The molecule has 2 aromatic rings. The van der Waals surface area contributed by atoms with Crippen LogP contribution in [0.3, 0.4) is 0 Å². The molecule has 20 heavy (non-hydrogen) atoms. The lowest BCUT2D eigenvalue weighted by molar-refractivity contribution is 0.601. The lowest BCUT2D eigenvalue weighted by Crippen LogP contribution is -2.13. The van der Waals surface area contributed by atoms with Gasteiger partial charge in [0.1, 0.15) is 5.15 Å². The van der Waals surface area contributed by atoms with E-state index in [0.29, 0.717) is 5.02 Å². The fourth-order valence-electron chi connectivity index (χ4n) is 1.48. The molecule has 1 N–H and O–H groups in total. The maximum Gasteiger partial charge on any atom is 0.262 e. The highest BCUT2D eigenvalue weighted by molar-refractivity contribution is 7.92. The van der Waals surface area contributed by atoms with E-state index in [1.165, 1.54) is 24.4 Å². The molecule has 1 aromatic carbocycles. The molecule has 4 nitrogen and oxygen atoms in total. The van der Waals surface area contributed by atoms with Gasteiger partial charge in [-0.15, -0.1) is 0 Å². The van der Waals surface area contributed by atoms with E-state index in [1.54, 1.807) is 13.0 Å². The smallest absolute Gasteiger partial charge is 0.262 e. The highest BCUT2D eigenvalue weighted by atomic mass is 35.5. The third-order valence-electron chi connectivity index (χ3n) is 2.50. The van der Waals surface area contributed by atoms with Crippen LogP contribution < -0.4 is 4.72 Å². The Labute approximate surface area is 131 Å².